The number of nitro benzene ring substituents is 2. The lowest BCUT2D eigenvalue weighted by Crippen LogP contribution is -2.35. The molecule has 0 N–H and O–H groups in total. The second kappa shape index (κ2) is 7.93. The first-order valence-electron chi connectivity index (χ1n) is 9.83. The molecule has 0 bridgehead atoms. The molecule has 2 aliphatic rings. The van der Waals surface area contributed by atoms with Crippen LogP contribution in [0.15, 0.2) is 35.9 Å². The number of allylic oxidation sites excluding steroid dienone is 1. The van der Waals surface area contributed by atoms with Crippen molar-refractivity contribution in [3.63, 3.8) is 0 Å². The normalized spacial score (nSPS) is 14.1. The lowest BCUT2D eigenvalue weighted by atomic mass is 9.95. The Balaban J connectivity index is 2.07. The maximum absolute atomic E-state index is 13.4. The van der Waals surface area contributed by atoms with Crippen LogP contribution < -0.4 is 0 Å². The lowest BCUT2D eigenvalue weighted by molar-refractivity contribution is -0.385. The Morgan fingerprint density at radius 3 is 2.09 bits per heavy atom. The number of hydrogen-bond acceptors (Lipinski definition) is 7. The quantitative estimate of drug-likeness (QED) is 0.347. The molecule has 0 unspecified atom stereocenters. The van der Waals surface area contributed by atoms with Crippen molar-refractivity contribution in [1.82, 2.24) is 4.90 Å². The van der Waals surface area contributed by atoms with Crippen molar-refractivity contribution in [2.75, 3.05) is 13.1 Å². The number of nitriles is 2. The highest BCUT2D eigenvalue weighted by Crippen LogP contribution is 2.49. The molecule has 0 atom stereocenters. The highest BCUT2D eigenvalue weighted by molar-refractivity contribution is 6.12. The Kier molecular flexibility index (Phi) is 5.13. The van der Waals surface area contributed by atoms with E-state index in [9.17, 15) is 35.5 Å². The van der Waals surface area contributed by atoms with E-state index < -0.39 is 9.85 Å². The second-order valence-electron chi connectivity index (χ2n) is 7.49. The number of fused-ring (bicyclic) bond motifs is 3. The first-order valence-corrected chi connectivity index (χ1v) is 9.83. The molecule has 1 heterocycles. The Labute approximate surface area is 181 Å². The number of nitrogens with zero attached hydrogens (tertiary/aromatic N) is 5. The van der Waals surface area contributed by atoms with E-state index in [1.54, 1.807) is 17.0 Å². The van der Waals surface area contributed by atoms with Crippen LogP contribution in [0.4, 0.5) is 11.4 Å². The molecule has 10 nitrogen and oxygen atoms in total. The zero-order valence-corrected chi connectivity index (χ0v) is 16.7. The van der Waals surface area contributed by atoms with Gasteiger partial charge in [0.1, 0.15) is 17.7 Å². The van der Waals surface area contributed by atoms with Crippen molar-refractivity contribution < 1.29 is 14.6 Å². The number of carbonyl (C=O) groups is 1. The summed E-state index contributed by atoms with van der Waals surface area (Å²) in [6, 6.07) is 9.88. The predicted octanol–water partition coefficient (Wildman–Crippen LogP) is 3.96. The molecule has 158 valence electrons. The predicted molar refractivity (Wildman–Crippen MR) is 112 cm³/mol. The molecule has 0 saturated carbocycles. The first kappa shape index (κ1) is 20.7. The summed E-state index contributed by atoms with van der Waals surface area (Å²) < 4.78 is 0. The van der Waals surface area contributed by atoms with Gasteiger partial charge in [-0.1, -0.05) is 0 Å². The zero-order valence-electron chi connectivity index (χ0n) is 16.7. The van der Waals surface area contributed by atoms with Gasteiger partial charge in [-0.3, -0.25) is 25.0 Å². The monoisotopic (exact) mass is 429 g/mol. The van der Waals surface area contributed by atoms with Gasteiger partial charge in [0.05, 0.1) is 15.4 Å². The molecule has 1 saturated heterocycles. The molecule has 0 aromatic heterocycles. The van der Waals surface area contributed by atoms with E-state index in [4.69, 9.17) is 0 Å². The van der Waals surface area contributed by atoms with Gasteiger partial charge in [-0.2, -0.15) is 10.5 Å². The molecule has 10 heteroatoms. The number of likely N-dealkylation sites (tertiary alicyclic amines) is 1. The number of benzene rings is 2. The molecule has 1 aliphatic heterocycles. The summed E-state index contributed by atoms with van der Waals surface area (Å²) in [5.41, 5.74) is 0.322. The minimum Gasteiger partial charge on any atom is -0.339 e. The fourth-order valence-corrected chi connectivity index (χ4v) is 4.28. The van der Waals surface area contributed by atoms with Gasteiger partial charge in [0.25, 0.3) is 17.3 Å². The zero-order chi connectivity index (χ0) is 23.0. The largest absolute Gasteiger partial charge is 0.339 e. The summed E-state index contributed by atoms with van der Waals surface area (Å²) in [7, 11) is 0. The Morgan fingerprint density at radius 1 is 0.875 bits per heavy atom. The van der Waals surface area contributed by atoms with Crippen molar-refractivity contribution in [1.29, 1.82) is 10.5 Å². The molecule has 0 spiro atoms. The van der Waals surface area contributed by atoms with Crippen molar-refractivity contribution in [3.8, 4) is 23.3 Å². The van der Waals surface area contributed by atoms with E-state index in [0.29, 0.717) is 24.2 Å². The fourth-order valence-electron chi connectivity index (χ4n) is 4.28. The fraction of sp³-hybridized carbons (Fsp3) is 0.227. The molecule has 1 aliphatic carbocycles. The molecule has 1 fully saturated rings. The SMILES string of the molecule is N#CC(C#N)=C1c2cc([N+](=O)[O-])ccc2-c2c(C(=O)N3CCCCC3)cc([N+](=O)[O-])cc21. The summed E-state index contributed by atoms with van der Waals surface area (Å²) >= 11 is 0. The van der Waals surface area contributed by atoms with Crippen LogP contribution in [0.3, 0.4) is 0 Å². The Bertz CT molecular complexity index is 1290. The van der Waals surface area contributed by atoms with Crippen molar-refractivity contribution >= 4 is 22.9 Å². The highest BCUT2D eigenvalue weighted by Gasteiger charge is 2.35. The number of rotatable bonds is 3. The van der Waals surface area contributed by atoms with Crippen molar-refractivity contribution in [2.24, 2.45) is 0 Å². The summed E-state index contributed by atoms with van der Waals surface area (Å²) in [5, 5.41) is 42.0. The maximum atomic E-state index is 13.4. The average molecular weight is 429 g/mol. The van der Waals surface area contributed by atoms with Crippen LogP contribution in [0.5, 0.6) is 0 Å². The van der Waals surface area contributed by atoms with E-state index >= 15 is 0 Å². The van der Waals surface area contributed by atoms with Crippen LogP contribution in [-0.2, 0) is 0 Å². The number of nitro groups is 2. The molecule has 4 rings (SSSR count). The first-order chi connectivity index (χ1) is 15.4. The van der Waals surface area contributed by atoms with Crippen LogP contribution in [0.1, 0.15) is 40.7 Å². The Morgan fingerprint density at radius 2 is 1.50 bits per heavy atom. The minimum atomic E-state index is -0.644. The van der Waals surface area contributed by atoms with Gasteiger partial charge < -0.3 is 4.90 Å². The van der Waals surface area contributed by atoms with E-state index in [-0.39, 0.29) is 45.1 Å². The standard InChI is InChI=1S/C22H15N5O5/c23-11-13(12-24)20-17-8-14(26(29)30)4-5-16(17)21-18(20)9-15(27(31)32)10-19(21)22(28)25-6-2-1-3-7-25/h4-5,8-10H,1-3,6-7H2. The molecule has 2 aromatic rings. The van der Waals surface area contributed by atoms with Gasteiger partial charge in [0, 0.05) is 48.5 Å². The molecular formula is C22H15N5O5. The average Bonchev–Trinajstić information content (AvgIpc) is 3.13. The van der Waals surface area contributed by atoms with Gasteiger partial charge in [-0.15, -0.1) is 0 Å². The number of piperidine rings is 1. The van der Waals surface area contributed by atoms with E-state index in [1.165, 1.54) is 30.3 Å². The van der Waals surface area contributed by atoms with Crippen LogP contribution in [0.25, 0.3) is 16.7 Å². The van der Waals surface area contributed by atoms with Crippen LogP contribution in [0.2, 0.25) is 0 Å². The van der Waals surface area contributed by atoms with Gasteiger partial charge in [-0.05, 0) is 42.0 Å². The smallest absolute Gasteiger partial charge is 0.270 e. The van der Waals surface area contributed by atoms with E-state index in [0.717, 1.165) is 19.3 Å². The van der Waals surface area contributed by atoms with E-state index in [1.807, 2.05) is 0 Å². The van der Waals surface area contributed by atoms with Gasteiger partial charge in [0.2, 0.25) is 0 Å². The lowest BCUT2D eigenvalue weighted by Gasteiger charge is -2.27. The third-order valence-electron chi connectivity index (χ3n) is 5.70. The highest BCUT2D eigenvalue weighted by atomic mass is 16.6. The topological polar surface area (TPSA) is 154 Å². The molecule has 32 heavy (non-hydrogen) atoms. The Hall–Kier alpha value is -4.57. The third kappa shape index (κ3) is 3.24. The van der Waals surface area contributed by atoms with Crippen molar-refractivity contribution in [2.45, 2.75) is 19.3 Å². The molecule has 1 amide bonds. The van der Waals surface area contributed by atoms with Gasteiger partial charge in [0.15, 0.2) is 0 Å². The van der Waals surface area contributed by atoms with E-state index in [2.05, 4.69) is 0 Å². The van der Waals surface area contributed by atoms with Crippen LogP contribution >= 0.6 is 0 Å². The summed E-state index contributed by atoms with van der Waals surface area (Å²) in [5.74, 6) is -0.384. The van der Waals surface area contributed by atoms with Crippen molar-refractivity contribution in [3.05, 3.63) is 72.8 Å². The van der Waals surface area contributed by atoms with Gasteiger partial charge >= 0.3 is 0 Å². The molecular weight excluding hydrogens is 414 g/mol. The molecule has 0 radical (unpaired) electrons. The summed E-state index contributed by atoms with van der Waals surface area (Å²) in [4.78, 5) is 36.7. The number of carbonyl (C=O) groups excluding carboxylic acids is 1. The van der Waals surface area contributed by atoms with Crippen LogP contribution in [0, 0.1) is 42.9 Å². The van der Waals surface area contributed by atoms with Crippen LogP contribution in [-0.4, -0.2) is 33.7 Å². The maximum Gasteiger partial charge on any atom is 0.270 e. The number of amides is 1. The number of hydrogen-bond donors (Lipinski definition) is 0. The number of non-ortho nitro benzene ring substituents is 2. The molecule has 2 aromatic carbocycles. The summed E-state index contributed by atoms with van der Waals surface area (Å²) in [6.07, 6.45) is 2.64. The summed E-state index contributed by atoms with van der Waals surface area (Å²) in [6.45, 7) is 1.04. The third-order valence-corrected chi connectivity index (χ3v) is 5.70. The second-order valence-corrected chi connectivity index (χ2v) is 7.49. The minimum absolute atomic E-state index is 0.0556. The van der Waals surface area contributed by atoms with Gasteiger partial charge in [-0.25, -0.2) is 0 Å².